The number of nitrogens with one attached hydrogen (secondary N) is 1. The number of hydrogen-bond acceptors (Lipinski definition) is 8. The largest absolute Gasteiger partial charge is 0.395 e. The molecule has 0 unspecified atom stereocenters. The van der Waals surface area contributed by atoms with Crippen molar-refractivity contribution in [2.45, 2.75) is 0 Å². The third-order valence-corrected chi connectivity index (χ3v) is 4.43. The summed E-state index contributed by atoms with van der Waals surface area (Å²) in [5.41, 5.74) is 0.897. The predicted molar refractivity (Wildman–Crippen MR) is 102 cm³/mol. The van der Waals surface area contributed by atoms with Crippen molar-refractivity contribution < 1.29 is 5.11 Å². The van der Waals surface area contributed by atoms with Crippen LogP contribution in [0.25, 0.3) is 10.9 Å². The highest BCUT2D eigenvalue weighted by Crippen LogP contribution is 2.24. The maximum absolute atomic E-state index is 9.12. The summed E-state index contributed by atoms with van der Waals surface area (Å²) in [6, 6.07) is 7.92. The molecule has 0 amide bonds. The molecule has 26 heavy (non-hydrogen) atoms. The summed E-state index contributed by atoms with van der Waals surface area (Å²) in [5.74, 6) is 2.37. The fourth-order valence-electron chi connectivity index (χ4n) is 3.10. The molecule has 3 aromatic rings. The van der Waals surface area contributed by atoms with Gasteiger partial charge in [-0.2, -0.15) is 4.98 Å². The van der Waals surface area contributed by atoms with Gasteiger partial charge in [-0.05, 0) is 12.1 Å². The maximum Gasteiger partial charge on any atom is 0.228 e. The Morgan fingerprint density at radius 3 is 2.58 bits per heavy atom. The van der Waals surface area contributed by atoms with Crippen molar-refractivity contribution in [1.29, 1.82) is 0 Å². The third-order valence-electron chi connectivity index (χ3n) is 4.43. The lowest BCUT2D eigenvalue weighted by Gasteiger charge is -2.35. The van der Waals surface area contributed by atoms with E-state index >= 15 is 0 Å². The van der Waals surface area contributed by atoms with E-state index in [1.807, 2.05) is 24.3 Å². The Labute approximate surface area is 151 Å². The summed E-state index contributed by atoms with van der Waals surface area (Å²) in [6.07, 6.45) is 5.19. The van der Waals surface area contributed by atoms with Crippen molar-refractivity contribution in [3.63, 3.8) is 0 Å². The number of para-hydroxylation sites is 1. The first-order valence-corrected chi connectivity index (χ1v) is 8.72. The summed E-state index contributed by atoms with van der Waals surface area (Å²) < 4.78 is 0. The van der Waals surface area contributed by atoms with Crippen LogP contribution in [-0.4, -0.2) is 64.4 Å². The van der Waals surface area contributed by atoms with E-state index < -0.39 is 0 Å². The number of nitrogens with zero attached hydrogens (tertiary/aromatic N) is 6. The number of fused-ring (bicyclic) bond motifs is 1. The molecule has 3 heterocycles. The average Bonchev–Trinajstić information content (AvgIpc) is 2.72. The van der Waals surface area contributed by atoms with Crippen LogP contribution in [0.4, 0.5) is 17.6 Å². The molecule has 1 aromatic carbocycles. The highest BCUT2D eigenvalue weighted by atomic mass is 16.3. The molecule has 1 fully saturated rings. The second-order valence-electron chi connectivity index (χ2n) is 6.08. The molecule has 0 saturated carbocycles. The molecular weight excluding hydrogens is 330 g/mol. The van der Waals surface area contributed by atoms with Gasteiger partial charge >= 0.3 is 0 Å². The van der Waals surface area contributed by atoms with Gasteiger partial charge in [0.1, 0.15) is 11.6 Å². The van der Waals surface area contributed by atoms with E-state index in [9.17, 15) is 0 Å². The van der Waals surface area contributed by atoms with Crippen LogP contribution >= 0.6 is 0 Å². The number of benzene rings is 1. The van der Waals surface area contributed by atoms with Crippen LogP contribution in [0.1, 0.15) is 0 Å². The zero-order valence-electron chi connectivity index (χ0n) is 14.4. The van der Waals surface area contributed by atoms with Gasteiger partial charge in [0, 0.05) is 50.5 Å². The zero-order valence-corrected chi connectivity index (χ0v) is 14.4. The second-order valence-corrected chi connectivity index (χ2v) is 6.08. The van der Waals surface area contributed by atoms with Gasteiger partial charge in [-0.15, -0.1) is 0 Å². The highest BCUT2D eigenvalue weighted by Gasteiger charge is 2.21. The van der Waals surface area contributed by atoms with Crippen molar-refractivity contribution >= 4 is 28.5 Å². The predicted octanol–water partition coefficient (Wildman–Crippen LogP) is 1.15. The first kappa shape index (κ1) is 16.5. The van der Waals surface area contributed by atoms with Crippen molar-refractivity contribution in [3.05, 3.63) is 42.9 Å². The van der Waals surface area contributed by atoms with Gasteiger partial charge in [0.2, 0.25) is 5.95 Å². The molecule has 2 N–H and O–H groups in total. The molecule has 8 heteroatoms. The van der Waals surface area contributed by atoms with Gasteiger partial charge in [0.25, 0.3) is 0 Å². The van der Waals surface area contributed by atoms with Crippen LogP contribution in [0.15, 0.2) is 42.9 Å². The molecule has 0 bridgehead atoms. The van der Waals surface area contributed by atoms with Crippen LogP contribution in [0.5, 0.6) is 0 Å². The standard InChI is InChI=1S/C18H21N7O/c26-12-7-21-17-14-3-1-2-4-15(14)22-18(23-17)25-10-8-24(9-11-25)16-13-19-5-6-20-16/h1-6,13,26H,7-12H2,(H,21,22,23). The quantitative estimate of drug-likeness (QED) is 0.707. The molecule has 0 radical (unpaired) electrons. The van der Waals surface area contributed by atoms with E-state index in [0.717, 1.165) is 48.7 Å². The van der Waals surface area contributed by atoms with Crippen LogP contribution in [0.2, 0.25) is 0 Å². The fraction of sp³-hybridized carbons (Fsp3) is 0.333. The number of anilines is 3. The number of aliphatic hydroxyl groups is 1. The molecule has 1 aliphatic heterocycles. The molecule has 2 aromatic heterocycles. The van der Waals surface area contributed by atoms with Crippen molar-refractivity contribution in [1.82, 2.24) is 19.9 Å². The lowest BCUT2D eigenvalue weighted by atomic mass is 10.2. The number of piperazine rings is 1. The van der Waals surface area contributed by atoms with Gasteiger partial charge in [-0.25, -0.2) is 9.97 Å². The van der Waals surface area contributed by atoms with E-state index in [1.165, 1.54) is 0 Å². The third kappa shape index (κ3) is 3.36. The molecule has 8 nitrogen and oxygen atoms in total. The van der Waals surface area contributed by atoms with E-state index in [0.29, 0.717) is 12.5 Å². The minimum Gasteiger partial charge on any atom is -0.395 e. The van der Waals surface area contributed by atoms with E-state index in [1.54, 1.807) is 18.6 Å². The fourth-order valence-corrected chi connectivity index (χ4v) is 3.10. The van der Waals surface area contributed by atoms with Crippen molar-refractivity contribution in [3.8, 4) is 0 Å². The van der Waals surface area contributed by atoms with Gasteiger partial charge in [-0.3, -0.25) is 4.98 Å². The van der Waals surface area contributed by atoms with Crippen LogP contribution in [0.3, 0.4) is 0 Å². The molecule has 0 spiro atoms. The number of aliphatic hydroxyl groups excluding tert-OH is 1. The second kappa shape index (κ2) is 7.49. The van der Waals surface area contributed by atoms with Gasteiger partial charge < -0.3 is 20.2 Å². The van der Waals surface area contributed by atoms with Gasteiger partial charge in [-0.1, -0.05) is 12.1 Å². The molecule has 0 atom stereocenters. The number of aromatic nitrogens is 4. The summed E-state index contributed by atoms with van der Waals surface area (Å²) in [6.45, 7) is 3.83. The maximum atomic E-state index is 9.12. The smallest absolute Gasteiger partial charge is 0.228 e. The van der Waals surface area contributed by atoms with E-state index in [-0.39, 0.29) is 6.61 Å². The lowest BCUT2D eigenvalue weighted by Crippen LogP contribution is -2.47. The van der Waals surface area contributed by atoms with Crippen molar-refractivity contribution in [2.24, 2.45) is 0 Å². The topological polar surface area (TPSA) is 90.3 Å². The van der Waals surface area contributed by atoms with Crippen LogP contribution < -0.4 is 15.1 Å². The normalized spacial score (nSPS) is 14.7. The lowest BCUT2D eigenvalue weighted by molar-refractivity contribution is 0.311. The first-order valence-electron chi connectivity index (χ1n) is 8.72. The number of hydrogen-bond donors (Lipinski definition) is 2. The molecule has 1 aliphatic rings. The van der Waals surface area contributed by atoms with E-state index in [2.05, 4.69) is 25.1 Å². The van der Waals surface area contributed by atoms with Crippen LogP contribution in [0, 0.1) is 0 Å². The summed E-state index contributed by atoms with van der Waals surface area (Å²) in [5, 5.41) is 13.3. The Morgan fingerprint density at radius 2 is 1.81 bits per heavy atom. The number of rotatable bonds is 5. The first-order chi connectivity index (χ1) is 12.8. The molecular formula is C18H21N7O. The summed E-state index contributed by atoms with van der Waals surface area (Å²) in [4.78, 5) is 22.3. The zero-order chi connectivity index (χ0) is 17.8. The Morgan fingerprint density at radius 1 is 1.00 bits per heavy atom. The summed E-state index contributed by atoms with van der Waals surface area (Å²) in [7, 11) is 0. The minimum atomic E-state index is 0.0600. The minimum absolute atomic E-state index is 0.0600. The summed E-state index contributed by atoms with van der Waals surface area (Å²) >= 11 is 0. The highest BCUT2D eigenvalue weighted by molar-refractivity contribution is 5.90. The van der Waals surface area contributed by atoms with Gasteiger partial charge in [0.05, 0.1) is 18.3 Å². The van der Waals surface area contributed by atoms with Gasteiger partial charge in [0.15, 0.2) is 0 Å². The molecule has 1 saturated heterocycles. The monoisotopic (exact) mass is 351 g/mol. The molecule has 4 rings (SSSR count). The van der Waals surface area contributed by atoms with E-state index in [4.69, 9.17) is 15.1 Å². The Bertz CT molecular complexity index is 866. The SMILES string of the molecule is OCCNc1nc(N2CCN(c3cnccn3)CC2)nc2ccccc12. The van der Waals surface area contributed by atoms with Crippen molar-refractivity contribution in [2.75, 3.05) is 54.4 Å². The molecule has 134 valence electrons. The van der Waals surface area contributed by atoms with Crippen LogP contribution in [-0.2, 0) is 0 Å². The molecule has 0 aliphatic carbocycles. The Kier molecular flexibility index (Phi) is 4.74. The average molecular weight is 351 g/mol. The Hall–Kier alpha value is -3.00. The Balaban J connectivity index is 1.55.